The van der Waals surface area contributed by atoms with Crippen molar-refractivity contribution < 1.29 is 13.5 Å². The number of pyridine rings is 1. The van der Waals surface area contributed by atoms with Crippen LogP contribution in [0, 0.1) is 0 Å². The Balaban J connectivity index is 1.94. The predicted octanol–water partition coefficient (Wildman–Crippen LogP) is 4.89. The van der Waals surface area contributed by atoms with Crippen molar-refractivity contribution >= 4 is 38.4 Å². The van der Waals surface area contributed by atoms with Crippen molar-refractivity contribution in [3.63, 3.8) is 0 Å². The van der Waals surface area contributed by atoms with Crippen LogP contribution in [0.25, 0.3) is 10.9 Å². The number of rotatable bonds is 3. The fourth-order valence-corrected chi connectivity index (χ4v) is 3.44. The first kappa shape index (κ1) is 16.9. The number of halogens is 4. The summed E-state index contributed by atoms with van der Waals surface area (Å²) < 4.78 is 32.9. The molecule has 7 heteroatoms. The zero-order valence-electron chi connectivity index (χ0n) is 12.6. The maximum absolute atomic E-state index is 13.3. The number of alkyl halides is 2. The standard InChI is InChI=1S/C16H16BrClF2N2O/c1-23-15-12(9-22-6-4-16(19,20)5-7-22)14(18)11-8-10(17)2-3-13(11)21-15/h2-3,8H,4-7,9H2,1H3. The van der Waals surface area contributed by atoms with Gasteiger partial charge in [0.25, 0.3) is 5.92 Å². The van der Waals surface area contributed by atoms with Crippen molar-refractivity contribution in [2.45, 2.75) is 25.3 Å². The van der Waals surface area contributed by atoms with Crippen LogP contribution >= 0.6 is 27.5 Å². The molecule has 1 aliphatic rings. The summed E-state index contributed by atoms with van der Waals surface area (Å²) in [4.78, 5) is 6.45. The first-order valence-electron chi connectivity index (χ1n) is 7.31. The Labute approximate surface area is 146 Å². The van der Waals surface area contributed by atoms with Crippen molar-refractivity contribution in [1.82, 2.24) is 9.88 Å². The van der Waals surface area contributed by atoms with Crippen molar-refractivity contribution in [3.05, 3.63) is 33.3 Å². The van der Waals surface area contributed by atoms with Gasteiger partial charge in [-0.3, -0.25) is 4.90 Å². The molecule has 2 aromatic rings. The smallest absolute Gasteiger partial charge is 0.250 e. The quantitative estimate of drug-likeness (QED) is 0.727. The molecule has 0 unspecified atom stereocenters. The molecule has 124 valence electrons. The normalized spacial score (nSPS) is 18.3. The van der Waals surface area contributed by atoms with E-state index in [2.05, 4.69) is 20.9 Å². The third kappa shape index (κ3) is 3.59. The number of aromatic nitrogens is 1. The first-order chi connectivity index (χ1) is 10.9. The van der Waals surface area contributed by atoms with Crippen LogP contribution in [0.3, 0.4) is 0 Å². The van der Waals surface area contributed by atoms with Crippen LogP contribution in [-0.4, -0.2) is 36.0 Å². The van der Waals surface area contributed by atoms with Gasteiger partial charge < -0.3 is 4.74 Å². The van der Waals surface area contributed by atoms with Gasteiger partial charge in [-0.15, -0.1) is 0 Å². The van der Waals surface area contributed by atoms with Gasteiger partial charge in [0.2, 0.25) is 5.88 Å². The minimum atomic E-state index is -2.56. The fourth-order valence-electron chi connectivity index (χ4n) is 2.78. The summed E-state index contributed by atoms with van der Waals surface area (Å²) in [5.74, 6) is -2.11. The van der Waals surface area contributed by atoms with Gasteiger partial charge in [-0.25, -0.2) is 13.8 Å². The van der Waals surface area contributed by atoms with Gasteiger partial charge in [0, 0.05) is 47.9 Å². The Morgan fingerprint density at radius 1 is 1.35 bits per heavy atom. The van der Waals surface area contributed by atoms with Crippen LogP contribution in [0.5, 0.6) is 5.88 Å². The highest BCUT2D eigenvalue weighted by atomic mass is 79.9. The molecule has 0 aliphatic carbocycles. The van der Waals surface area contributed by atoms with E-state index in [0.717, 1.165) is 20.9 Å². The van der Waals surface area contributed by atoms with E-state index >= 15 is 0 Å². The number of hydrogen-bond donors (Lipinski definition) is 0. The summed E-state index contributed by atoms with van der Waals surface area (Å²) in [5, 5.41) is 1.38. The molecule has 1 saturated heterocycles. The van der Waals surface area contributed by atoms with Crippen LogP contribution in [0.1, 0.15) is 18.4 Å². The fraction of sp³-hybridized carbons (Fsp3) is 0.438. The molecule has 1 aromatic carbocycles. The third-order valence-corrected chi connectivity index (χ3v) is 5.03. The van der Waals surface area contributed by atoms with E-state index in [-0.39, 0.29) is 12.8 Å². The number of ether oxygens (including phenoxy) is 1. The van der Waals surface area contributed by atoms with Crippen LogP contribution in [0.4, 0.5) is 8.78 Å². The van der Waals surface area contributed by atoms with E-state index in [1.807, 2.05) is 23.1 Å². The highest BCUT2D eigenvalue weighted by molar-refractivity contribution is 9.10. The molecule has 0 N–H and O–H groups in total. The molecule has 1 fully saturated rings. The number of likely N-dealkylation sites (tertiary alicyclic amines) is 1. The Morgan fingerprint density at radius 2 is 2.04 bits per heavy atom. The highest BCUT2D eigenvalue weighted by Gasteiger charge is 2.34. The lowest BCUT2D eigenvalue weighted by Crippen LogP contribution is -2.39. The van der Waals surface area contributed by atoms with E-state index in [0.29, 0.717) is 30.5 Å². The van der Waals surface area contributed by atoms with E-state index < -0.39 is 5.92 Å². The molecular weight excluding hydrogens is 390 g/mol. The SMILES string of the molecule is COc1nc2ccc(Br)cc2c(Cl)c1CN1CCC(F)(F)CC1. The number of fused-ring (bicyclic) bond motifs is 1. The van der Waals surface area contributed by atoms with Crippen molar-refractivity contribution in [2.75, 3.05) is 20.2 Å². The summed E-state index contributed by atoms with van der Waals surface area (Å²) >= 11 is 9.98. The van der Waals surface area contributed by atoms with Crippen molar-refractivity contribution in [1.29, 1.82) is 0 Å². The Morgan fingerprint density at radius 3 is 2.70 bits per heavy atom. The Bertz CT molecular complexity index is 732. The topological polar surface area (TPSA) is 25.4 Å². The first-order valence-corrected chi connectivity index (χ1v) is 8.48. The zero-order chi connectivity index (χ0) is 16.6. The molecule has 23 heavy (non-hydrogen) atoms. The molecule has 2 heterocycles. The molecule has 3 rings (SSSR count). The molecule has 0 radical (unpaired) electrons. The number of hydrogen-bond acceptors (Lipinski definition) is 3. The van der Waals surface area contributed by atoms with Gasteiger partial charge in [0.1, 0.15) is 0 Å². The highest BCUT2D eigenvalue weighted by Crippen LogP contribution is 2.36. The summed E-state index contributed by atoms with van der Waals surface area (Å²) in [7, 11) is 1.54. The lowest BCUT2D eigenvalue weighted by atomic mass is 10.1. The lowest BCUT2D eigenvalue weighted by molar-refractivity contribution is -0.0567. The van der Waals surface area contributed by atoms with Crippen molar-refractivity contribution in [2.24, 2.45) is 0 Å². The van der Waals surface area contributed by atoms with Crippen LogP contribution in [0.15, 0.2) is 22.7 Å². The van der Waals surface area contributed by atoms with Gasteiger partial charge >= 0.3 is 0 Å². The largest absolute Gasteiger partial charge is 0.481 e. The average Bonchev–Trinajstić information content (AvgIpc) is 2.52. The van der Waals surface area contributed by atoms with Crippen molar-refractivity contribution in [3.8, 4) is 5.88 Å². The second-order valence-electron chi connectivity index (χ2n) is 5.71. The monoisotopic (exact) mass is 404 g/mol. The molecule has 3 nitrogen and oxygen atoms in total. The summed E-state index contributed by atoms with van der Waals surface area (Å²) in [6.07, 6.45) is -0.251. The average molecular weight is 406 g/mol. The zero-order valence-corrected chi connectivity index (χ0v) is 14.9. The number of nitrogens with zero attached hydrogens (tertiary/aromatic N) is 2. The minimum Gasteiger partial charge on any atom is -0.481 e. The number of piperidine rings is 1. The second kappa shape index (κ2) is 6.49. The van der Waals surface area contributed by atoms with E-state index in [9.17, 15) is 8.78 Å². The molecule has 0 bridgehead atoms. The molecule has 1 aliphatic heterocycles. The van der Waals surface area contributed by atoms with Crippen LogP contribution in [0.2, 0.25) is 5.02 Å². The van der Waals surface area contributed by atoms with E-state index in [4.69, 9.17) is 16.3 Å². The third-order valence-electron chi connectivity index (χ3n) is 4.10. The number of methoxy groups -OCH3 is 1. The van der Waals surface area contributed by atoms with Gasteiger partial charge in [-0.2, -0.15) is 0 Å². The second-order valence-corrected chi connectivity index (χ2v) is 7.00. The minimum absolute atomic E-state index is 0.126. The van der Waals surface area contributed by atoms with E-state index in [1.54, 1.807) is 0 Å². The maximum atomic E-state index is 13.3. The summed E-state index contributed by atoms with van der Waals surface area (Å²) in [6, 6.07) is 5.65. The van der Waals surface area contributed by atoms with Gasteiger partial charge in [0.05, 0.1) is 17.6 Å². The van der Waals surface area contributed by atoms with Crippen LogP contribution < -0.4 is 4.74 Å². The molecule has 0 amide bonds. The van der Waals surface area contributed by atoms with Gasteiger partial charge in [0.15, 0.2) is 0 Å². The molecule has 1 aromatic heterocycles. The molecular formula is C16H16BrClF2N2O. The maximum Gasteiger partial charge on any atom is 0.250 e. The lowest BCUT2D eigenvalue weighted by Gasteiger charge is -2.32. The molecule has 0 spiro atoms. The predicted molar refractivity (Wildman–Crippen MR) is 90.5 cm³/mol. The number of benzene rings is 1. The Hall–Kier alpha value is -0.980. The van der Waals surface area contributed by atoms with Crippen LogP contribution in [-0.2, 0) is 6.54 Å². The Kier molecular flexibility index (Phi) is 4.76. The summed E-state index contributed by atoms with van der Waals surface area (Å²) in [6.45, 7) is 1.12. The van der Waals surface area contributed by atoms with Gasteiger partial charge in [-0.1, -0.05) is 27.5 Å². The van der Waals surface area contributed by atoms with Gasteiger partial charge in [-0.05, 0) is 18.2 Å². The molecule has 0 atom stereocenters. The molecule has 0 saturated carbocycles. The van der Waals surface area contributed by atoms with E-state index in [1.165, 1.54) is 7.11 Å². The summed E-state index contributed by atoms with van der Waals surface area (Å²) in [5.41, 5.74) is 1.48.